The number of halogens is 2. The molecule has 2 atom stereocenters. The summed E-state index contributed by atoms with van der Waals surface area (Å²) in [4.78, 5) is 6.12. The van der Waals surface area contributed by atoms with Crippen LogP contribution in [0.3, 0.4) is 0 Å². The van der Waals surface area contributed by atoms with Crippen LogP contribution >= 0.6 is 11.6 Å². The normalized spacial score (nSPS) is 28.5. The van der Waals surface area contributed by atoms with Gasteiger partial charge in [-0.25, -0.2) is 9.37 Å². The van der Waals surface area contributed by atoms with Crippen LogP contribution in [0.2, 0.25) is 5.02 Å². The van der Waals surface area contributed by atoms with Crippen LogP contribution in [0.15, 0.2) is 12.3 Å². The van der Waals surface area contributed by atoms with Gasteiger partial charge in [-0.05, 0) is 17.9 Å². The molecule has 0 saturated carbocycles. The van der Waals surface area contributed by atoms with Gasteiger partial charge in [0.25, 0.3) is 0 Å². The number of nitrogens with one attached hydrogen (secondary N) is 1. The van der Waals surface area contributed by atoms with Crippen LogP contribution in [-0.2, 0) is 0 Å². The maximum absolute atomic E-state index is 13.7. The number of fused-ring (bicyclic) bond motifs is 1. The molecule has 0 unspecified atom stereocenters. The first-order valence-corrected chi connectivity index (χ1v) is 5.88. The Bertz CT molecular complexity index is 400. The van der Waals surface area contributed by atoms with Gasteiger partial charge in [0, 0.05) is 32.4 Å². The Morgan fingerprint density at radius 1 is 1.38 bits per heavy atom. The first-order valence-electron chi connectivity index (χ1n) is 5.51. The van der Waals surface area contributed by atoms with Crippen LogP contribution < -0.4 is 10.2 Å². The minimum atomic E-state index is -0.319. The molecule has 0 radical (unpaired) electrons. The van der Waals surface area contributed by atoms with E-state index < -0.39 is 0 Å². The lowest BCUT2D eigenvalue weighted by molar-refractivity contribution is 0.533. The lowest BCUT2D eigenvalue weighted by Gasteiger charge is -2.18. The van der Waals surface area contributed by atoms with Crippen molar-refractivity contribution in [2.45, 2.75) is 0 Å². The van der Waals surface area contributed by atoms with Crippen molar-refractivity contribution >= 4 is 17.4 Å². The van der Waals surface area contributed by atoms with Gasteiger partial charge in [-0.2, -0.15) is 0 Å². The van der Waals surface area contributed by atoms with Crippen molar-refractivity contribution < 1.29 is 4.39 Å². The van der Waals surface area contributed by atoms with Crippen molar-refractivity contribution in [3.63, 3.8) is 0 Å². The van der Waals surface area contributed by atoms with E-state index in [2.05, 4.69) is 10.3 Å². The van der Waals surface area contributed by atoms with Gasteiger partial charge in [0.15, 0.2) is 11.6 Å². The first kappa shape index (κ1) is 10.3. The summed E-state index contributed by atoms with van der Waals surface area (Å²) in [6.07, 6.45) is 1.51. The van der Waals surface area contributed by atoms with Gasteiger partial charge in [-0.1, -0.05) is 11.6 Å². The molecule has 2 saturated heterocycles. The molecule has 2 aliphatic rings. The summed E-state index contributed by atoms with van der Waals surface area (Å²) in [5, 5.41) is 3.71. The average Bonchev–Trinajstić information content (AvgIpc) is 2.76. The van der Waals surface area contributed by atoms with Crippen molar-refractivity contribution in [2.75, 3.05) is 31.1 Å². The topological polar surface area (TPSA) is 28.2 Å². The fourth-order valence-corrected chi connectivity index (χ4v) is 2.81. The van der Waals surface area contributed by atoms with Crippen molar-refractivity contribution in [2.24, 2.45) is 11.8 Å². The van der Waals surface area contributed by atoms with Gasteiger partial charge in [-0.15, -0.1) is 0 Å². The summed E-state index contributed by atoms with van der Waals surface area (Å²) >= 11 is 5.69. The monoisotopic (exact) mass is 241 g/mol. The molecule has 1 N–H and O–H groups in total. The van der Waals surface area contributed by atoms with Crippen LogP contribution in [0.25, 0.3) is 0 Å². The quantitative estimate of drug-likeness (QED) is 0.808. The molecule has 86 valence electrons. The molecule has 5 heteroatoms. The number of aromatic nitrogens is 1. The highest BCUT2D eigenvalue weighted by Crippen LogP contribution is 2.31. The Balaban J connectivity index is 1.83. The Kier molecular flexibility index (Phi) is 2.48. The number of pyridine rings is 1. The van der Waals surface area contributed by atoms with Crippen LogP contribution in [0.1, 0.15) is 0 Å². The zero-order valence-electron chi connectivity index (χ0n) is 8.79. The second-order valence-electron chi connectivity index (χ2n) is 4.54. The third-order valence-electron chi connectivity index (χ3n) is 3.48. The van der Waals surface area contributed by atoms with Gasteiger partial charge in [0.1, 0.15) is 0 Å². The average molecular weight is 242 g/mol. The van der Waals surface area contributed by atoms with E-state index in [0.717, 1.165) is 26.2 Å². The number of nitrogens with zero attached hydrogens (tertiary/aromatic N) is 2. The van der Waals surface area contributed by atoms with Crippen LogP contribution in [-0.4, -0.2) is 31.2 Å². The molecule has 0 spiro atoms. The Hall–Kier alpha value is -0.870. The second kappa shape index (κ2) is 3.86. The predicted octanol–water partition coefficient (Wildman–Crippen LogP) is 1.53. The molecule has 1 aromatic heterocycles. The molecular formula is C11H13ClFN3. The molecular weight excluding hydrogens is 229 g/mol. The summed E-state index contributed by atoms with van der Waals surface area (Å²) in [5.41, 5.74) is 0. The number of hydrogen-bond acceptors (Lipinski definition) is 3. The molecule has 0 bridgehead atoms. The minimum Gasteiger partial charge on any atom is -0.354 e. The molecule has 16 heavy (non-hydrogen) atoms. The predicted molar refractivity (Wildman–Crippen MR) is 61.3 cm³/mol. The molecule has 2 fully saturated rings. The molecule has 3 heterocycles. The van der Waals surface area contributed by atoms with Crippen LogP contribution in [0.4, 0.5) is 10.2 Å². The maximum atomic E-state index is 13.7. The number of anilines is 1. The summed E-state index contributed by atoms with van der Waals surface area (Å²) in [6, 6.07) is 1.33. The van der Waals surface area contributed by atoms with Crippen molar-refractivity contribution in [1.29, 1.82) is 0 Å². The lowest BCUT2D eigenvalue weighted by Crippen LogP contribution is -2.26. The highest BCUT2D eigenvalue weighted by Gasteiger charge is 2.37. The molecule has 3 rings (SSSR count). The minimum absolute atomic E-state index is 0.319. The lowest BCUT2D eigenvalue weighted by atomic mass is 10.0. The maximum Gasteiger partial charge on any atom is 0.167 e. The molecule has 0 amide bonds. The summed E-state index contributed by atoms with van der Waals surface area (Å²) < 4.78 is 13.7. The van der Waals surface area contributed by atoms with Gasteiger partial charge < -0.3 is 10.2 Å². The molecule has 1 aromatic rings. The summed E-state index contributed by atoms with van der Waals surface area (Å²) in [6.45, 7) is 3.86. The zero-order chi connectivity index (χ0) is 11.1. The summed E-state index contributed by atoms with van der Waals surface area (Å²) in [7, 11) is 0. The van der Waals surface area contributed by atoms with Crippen LogP contribution in [0, 0.1) is 17.7 Å². The molecule has 0 aliphatic carbocycles. The fraction of sp³-hybridized carbons (Fsp3) is 0.545. The van der Waals surface area contributed by atoms with E-state index in [1.54, 1.807) is 0 Å². The van der Waals surface area contributed by atoms with E-state index in [4.69, 9.17) is 11.6 Å². The molecule has 3 nitrogen and oxygen atoms in total. The Morgan fingerprint density at radius 3 is 2.69 bits per heavy atom. The molecule has 0 aromatic carbocycles. The van der Waals surface area contributed by atoms with E-state index in [-0.39, 0.29) is 5.82 Å². The first-order chi connectivity index (χ1) is 7.74. The Morgan fingerprint density at radius 2 is 2.06 bits per heavy atom. The van der Waals surface area contributed by atoms with Gasteiger partial charge >= 0.3 is 0 Å². The molecule has 2 aliphatic heterocycles. The van der Waals surface area contributed by atoms with Crippen molar-refractivity contribution in [1.82, 2.24) is 10.3 Å². The third kappa shape index (κ3) is 1.66. The number of rotatable bonds is 1. The van der Waals surface area contributed by atoms with E-state index in [1.165, 1.54) is 12.3 Å². The highest BCUT2D eigenvalue weighted by molar-refractivity contribution is 6.30. The van der Waals surface area contributed by atoms with Crippen molar-refractivity contribution in [3.05, 3.63) is 23.1 Å². The zero-order valence-corrected chi connectivity index (χ0v) is 9.54. The van der Waals surface area contributed by atoms with E-state index in [9.17, 15) is 4.39 Å². The van der Waals surface area contributed by atoms with E-state index >= 15 is 0 Å². The third-order valence-corrected chi connectivity index (χ3v) is 3.68. The van der Waals surface area contributed by atoms with Gasteiger partial charge in [-0.3, -0.25) is 0 Å². The largest absolute Gasteiger partial charge is 0.354 e. The van der Waals surface area contributed by atoms with Crippen molar-refractivity contribution in [3.8, 4) is 0 Å². The highest BCUT2D eigenvalue weighted by atomic mass is 35.5. The second-order valence-corrected chi connectivity index (χ2v) is 4.98. The summed E-state index contributed by atoms with van der Waals surface area (Å²) in [5.74, 6) is 1.40. The standard InChI is InChI=1S/C11H13ClFN3/c12-9-1-10(13)11(15-4-9)16-5-7-2-14-3-8(7)6-16/h1,4,7-8,14H,2-3,5-6H2/t7-,8+. The Labute approximate surface area is 98.6 Å². The van der Waals surface area contributed by atoms with Gasteiger partial charge in [0.05, 0.1) is 5.02 Å². The smallest absolute Gasteiger partial charge is 0.167 e. The number of hydrogen-bond donors (Lipinski definition) is 1. The van der Waals surface area contributed by atoms with Crippen LogP contribution in [0.5, 0.6) is 0 Å². The van der Waals surface area contributed by atoms with Gasteiger partial charge in [0.2, 0.25) is 0 Å². The van der Waals surface area contributed by atoms with E-state index in [0.29, 0.717) is 22.7 Å². The van der Waals surface area contributed by atoms with E-state index in [1.807, 2.05) is 4.90 Å². The fourth-order valence-electron chi connectivity index (χ4n) is 2.67. The SMILES string of the molecule is Fc1cc(Cl)cnc1N1C[C@H]2CNC[C@H]2C1.